The van der Waals surface area contributed by atoms with Gasteiger partial charge in [-0.25, -0.2) is 14.4 Å². The van der Waals surface area contributed by atoms with Crippen molar-refractivity contribution in [3.63, 3.8) is 0 Å². The van der Waals surface area contributed by atoms with Crippen molar-refractivity contribution in [3.05, 3.63) is 94.5 Å². The van der Waals surface area contributed by atoms with Crippen LogP contribution in [0.2, 0.25) is 0 Å². The van der Waals surface area contributed by atoms with Gasteiger partial charge in [-0.3, -0.25) is 4.90 Å². The summed E-state index contributed by atoms with van der Waals surface area (Å²) in [5.41, 5.74) is 4.07. The Morgan fingerprint density at radius 3 is 2.21 bits per heavy atom. The molecule has 1 aliphatic heterocycles. The maximum atomic E-state index is 13.0. The van der Waals surface area contributed by atoms with Crippen molar-refractivity contribution in [2.75, 3.05) is 59.4 Å². The van der Waals surface area contributed by atoms with E-state index in [0.717, 1.165) is 16.9 Å². The van der Waals surface area contributed by atoms with Crippen molar-refractivity contribution >= 4 is 23.7 Å². The molecule has 0 spiro atoms. The molecule has 1 aliphatic rings. The molecule has 1 atom stereocenters. The lowest BCUT2D eigenvalue weighted by Crippen LogP contribution is -2.50. The fourth-order valence-corrected chi connectivity index (χ4v) is 4.81. The molecular weight excluding hydrogens is 538 g/mol. The molecule has 1 unspecified atom stereocenters. The molecule has 1 fully saturated rings. The van der Waals surface area contributed by atoms with E-state index in [-0.39, 0.29) is 18.1 Å². The van der Waals surface area contributed by atoms with E-state index in [1.807, 2.05) is 36.4 Å². The average molecular weight is 576 g/mol. The van der Waals surface area contributed by atoms with Gasteiger partial charge < -0.3 is 29.2 Å². The van der Waals surface area contributed by atoms with E-state index >= 15 is 0 Å². The Morgan fingerprint density at radius 1 is 0.857 bits per heavy atom. The number of amides is 2. The third kappa shape index (κ3) is 7.65. The van der Waals surface area contributed by atoms with E-state index in [0.29, 0.717) is 61.7 Å². The zero-order chi connectivity index (χ0) is 30.1. The molecule has 3 aromatic carbocycles. The lowest BCUT2D eigenvalue weighted by atomic mass is 10.1. The van der Waals surface area contributed by atoms with Crippen LogP contribution in [-0.4, -0.2) is 81.8 Å². The first-order chi connectivity index (χ1) is 20.3. The van der Waals surface area contributed by atoms with Crippen LogP contribution in [0.15, 0.2) is 66.7 Å². The lowest BCUT2D eigenvalue weighted by Gasteiger charge is -2.36. The van der Waals surface area contributed by atoms with E-state index < -0.39 is 5.97 Å². The first kappa shape index (κ1) is 30.5. The molecule has 10 nitrogen and oxygen atoms in total. The summed E-state index contributed by atoms with van der Waals surface area (Å²) in [7, 11) is 4.33. The van der Waals surface area contributed by atoms with E-state index in [9.17, 15) is 14.4 Å². The number of methoxy groups -OCH3 is 3. The molecular formula is C32H37N3O7. The van der Waals surface area contributed by atoms with Crippen molar-refractivity contribution in [2.24, 2.45) is 0 Å². The Kier molecular flexibility index (Phi) is 10.5. The average Bonchev–Trinajstić information content (AvgIpc) is 3.03. The number of anilines is 1. The Labute approximate surface area is 246 Å². The van der Waals surface area contributed by atoms with Gasteiger partial charge in [0.05, 0.1) is 45.2 Å². The highest BCUT2D eigenvalue weighted by molar-refractivity contribution is 5.96. The van der Waals surface area contributed by atoms with Gasteiger partial charge in [0.1, 0.15) is 5.75 Å². The van der Waals surface area contributed by atoms with Crippen LogP contribution in [0.4, 0.5) is 10.5 Å². The highest BCUT2D eigenvalue weighted by atomic mass is 16.5. The van der Waals surface area contributed by atoms with Gasteiger partial charge in [0.2, 0.25) is 0 Å². The summed E-state index contributed by atoms with van der Waals surface area (Å²) < 4.78 is 21.5. The normalized spacial score (nSPS) is 14.1. The number of hydrogen-bond acceptors (Lipinski definition) is 8. The summed E-state index contributed by atoms with van der Waals surface area (Å²) in [5, 5.41) is 2.94. The minimum Gasteiger partial charge on any atom is -0.497 e. The van der Waals surface area contributed by atoms with Crippen molar-refractivity contribution in [2.45, 2.75) is 19.6 Å². The number of carbonyl (C=O) groups is 3. The summed E-state index contributed by atoms with van der Waals surface area (Å²) in [4.78, 5) is 40.9. The molecule has 0 aliphatic carbocycles. The first-order valence-electron chi connectivity index (χ1n) is 13.7. The first-order valence-corrected chi connectivity index (χ1v) is 13.7. The summed E-state index contributed by atoms with van der Waals surface area (Å²) in [6.07, 6.45) is -0.246. The topological polar surface area (TPSA) is 107 Å². The molecule has 1 N–H and O–H groups in total. The van der Waals surface area contributed by atoms with E-state index in [1.165, 1.54) is 14.2 Å². The Bertz CT molecular complexity index is 1390. The van der Waals surface area contributed by atoms with Crippen molar-refractivity contribution in [1.29, 1.82) is 0 Å². The lowest BCUT2D eigenvalue weighted by molar-refractivity contribution is 0.00582. The fraction of sp³-hybridized carbons (Fsp3) is 0.344. The number of ether oxygens (including phenoxy) is 4. The number of nitrogens with zero attached hydrogens (tertiary/aromatic N) is 2. The van der Waals surface area contributed by atoms with Gasteiger partial charge >= 0.3 is 18.0 Å². The number of benzene rings is 3. The van der Waals surface area contributed by atoms with Crippen molar-refractivity contribution in [1.82, 2.24) is 9.80 Å². The standard InChI is InChI=1S/C32H37N3O7/c1-22-27(31(37)41-4)9-6-10-28(22)33-32(38)35-17-15-34(16-18-35)20-29(25-7-5-8-26(19-25)39-2)42-21-23-11-13-24(14-12-23)30(36)40-3/h5-14,19,29H,15-18,20-21H2,1-4H3,(H,33,38). The van der Waals surface area contributed by atoms with Crippen LogP contribution in [0.3, 0.4) is 0 Å². The fourth-order valence-electron chi connectivity index (χ4n) is 4.81. The van der Waals surface area contributed by atoms with E-state index in [4.69, 9.17) is 18.9 Å². The summed E-state index contributed by atoms with van der Waals surface area (Å²) >= 11 is 0. The minimum atomic E-state index is -0.441. The molecule has 0 radical (unpaired) electrons. The van der Waals surface area contributed by atoms with Gasteiger partial charge in [0, 0.05) is 38.4 Å². The van der Waals surface area contributed by atoms with Gasteiger partial charge in [-0.1, -0.05) is 30.3 Å². The number of urea groups is 1. The Balaban J connectivity index is 1.38. The minimum absolute atomic E-state index is 0.212. The summed E-state index contributed by atoms with van der Waals surface area (Å²) in [6, 6.07) is 19.9. The number of esters is 2. The number of nitrogens with one attached hydrogen (secondary N) is 1. The molecule has 222 valence electrons. The molecule has 4 rings (SSSR count). The molecule has 1 heterocycles. The quantitative estimate of drug-likeness (QED) is 0.347. The second-order valence-corrected chi connectivity index (χ2v) is 9.95. The monoisotopic (exact) mass is 575 g/mol. The third-order valence-corrected chi connectivity index (χ3v) is 7.36. The van der Waals surface area contributed by atoms with Gasteiger partial charge in [-0.15, -0.1) is 0 Å². The highest BCUT2D eigenvalue weighted by Crippen LogP contribution is 2.26. The largest absolute Gasteiger partial charge is 0.497 e. The number of carbonyl (C=O) groups excluding carboxylic acids is 3. The van der Waals surface area contributed by atoms with Gasteiger partial charge in [-0.05, 0) is 60.0 Å². The van der Waals surface area contributed by atoms with Crippen LogP contribution >= 0.6 is 0 Å². The molecule has 10 heteroatoms. The second-order valence-electron chi connectivity index (χ2n) is 9.95. The number of hydrogen-bond donors (Lipinski definition) is 1. The van der Waals surface area contributed by atoms with E-state index in [2.05, 4.69) is 10.2 Å². The van der Waals surface area contributed by atoms with Crippen LogP contribution in [0.1, 0.15) is 43.5 Å². The van der Waals surface area contributed by atoms with Crippen LogP contribution in [0.25, 0.3) is 0 Å². The molecule has 42 heavy (non-hydrogen) atoms. The second kappa shape index (κ2) is 14.5. The smallest absolute Gasteiger partial charge is 0.338 e. The van der Waals surface area contributed by atoms with E-state index in [1.54, 1.807) is 49.3 Å². The zero-order valence-corrected chi connectivity index (χ0v) is 24.4. The Hall–Kier alpha value is -4.41. The molecule has 3 aromatic rings. The maximum Gasteiger partial charge on any atom is 0.338 e. The maximum absolute atomic E-state index is 13.0. The van der Waals surface area contributed by atoms with Gasteiger partial charge in [0.15, 0.2) is 0 Å². The zero-order valence-electron chi connectivity index (χ0n) is 24.4. The number of piperazine rings is 1. The third-order valence-electron chi connectivity index (χ3n) is 7.36. The van der Waals surface area contributed by atoms with Crippen molar-refractivity contribution < 1.29 is 33.3 Å². The summed E-state index contributed by atoms with van der Waals surface area (Å²) in [6.45, 7) is 5.20. The molecule has 1 saturated heterocycles. The van der Waals surface area contributed by atoms with Crippen LogP contribution < -0.4 is 10.1 Å². The SMILES string of the molecule is COC(=O)c1ccc(COC(CN2CCN(C(=O)Nc3cccc(C(=O)OC)c3C)CC2)c2cccc(OC)c2)cc1. The molecule has 2 amide bonds. The number of rotatable bonds is 10. The predicted molar refractivity (Wildman–Crippen MR) is 158 cm³/mol. The molecule has 0 aromatic heterocycles. The van der Waals surface area contributed by atoms with Crippen molar-refractivity contribution in [3.8, 4) is 5.75 Å². The molecule has 0 saturated carbocycles. The highest BCUT2D eigenvalue weighted by Gasteiger charge is 2.25. The molecule has 0 bridgehead atoms. The van der Waals surface area contributed by atoms with Crippen LogP contribution in [0, 0.1) is 6.92 Å². The van der Waals surface area contributed by atoms with Crippen LogP contribution in [0.5, 0.6) is 5.75 Å². The van der Waals surface area contributed by atoms with Crippen LogP contribution in [-0.2, 0) is 20.8 Å². The summed E-state index contributed by atoms with van der Waals surface area (Å²) in [5.74, 6) is -0.0748. The van der Waals surface area contributed by atoms with Gasteiger partial charge in [0.25, 0.3) is 0 Å². The van der Waals surface area contributed by atoms with Gasteiger partial charge in [-0.2, -0.15) is 0 Å². The Morgan fingerprint density at radius 2 is 1.55 bits per heavy atom. The predicted octanol–water partition coefficient (Wildman–Crippen LogP) is 4.68.